The second kappa shape index (κ2) is 5.55. The molecular weight excluding hydrogens is 283 g/mol. The van der Waals surface area contributed by atoms with Gasteiger partial charge < -0.3 is 10.6 Å². The second-order valence-corrected chi connectivity index (χ2v) is 6.08. The van der Waals surface area contributed by atoms with Crippen LogP contribution in [-0.2, 0) is 9.59 Å². The van der Waals surface area contributed by atoms with Crippen molar-refractivity contribution in [3.05, 3.63) is 47.5 Å². The maximum atomic E-state index is 12.9. The first-order valence-electron chi connectivity index (χ1n) is 7.61. The third-order valence-corrected chi connectivity index (χ3v) is 4.63. The van der Waals surface area contributed by atoms with E-state index >= 15 is 0 Å². The molecule has 0 radical (unpaired) electrons. The summed E-state index contributed by atoms with van der Waals surface area (Å²) in [5.74, 6) is -0.183. The van der Waals surface area contributed by atoms with Crippen molar-refractivity contribution in [3.63, 3.8) is 0 Å². The van der Waals surface area contributed by atoms with Gasteiger partial charge in [-0.2, -0.15) is 0 Å². The molecule has 1 spiro atoms. The van der Waals surface area contributed by atoms with Crippen molar-refractivity contribution < 1.29 is 14.0 Å². The van der Waals surface area contributed by atoms with Crippen molar-refractivity contribution in [1.82, 2.24) is 10.6 Å². The first-order valence-corrected chi connectivity index (χ1v) is 7.61. The molecular formula is C17H19FN2O2. The Hall–Kier alpha value is -2.17. The number of amides is 1. The van der Waals surface area contributed by atoms with E-state index in [9.17, 15) is 14.0 Å². The molecule has 1 aromatic rings. The van der Waals surface area contributed by atoms with Gasteiger partial charge in [0.15, 0.2) is 5.78 Å². The standard InChI is InChI=1S/C17H19FN2O2/c1-11(12-4-6-13(18)7-5-12)19-15-10-14(21)17(16(22)20-15)8-2-3-9-17/h4-7,10-11,19H,2-3,8-9H2,1H3,(H,20,22)/t11-/m1/s1. The van der Waals surface area contributed by atoms with Gasteiger partial charge in [0.25, 0.3) is 0 Å². The van der Waals surface area contributed by atoms with Crippen LogP contribution in [-0.4, -0.2) is 11.7 Å². The first-order chi connectivity index (χ1) is 10.5. The monoisotopic (exact) mass is 302 g/mol. The Morgan fingerprint density at radius 1 is 1.18 bits per heavy atom. The SMILES string of the molecule is C[C@@H](NC1=CC(=O)C2(CCCC2)C(=O)N1)c1ccc(F)cc1. The number of carbonyl (C=O) groups excluding carboxylic acids is 2. The van der Waals surface area contributed by atoms with Crippen LogP contribution < -0.4 is 10.6 Å². The molecule has 0 unspecified atom stereocenters. The predicted molar refractivity (Wildman–Crippen MR) is 80.1 cm³/mol. The molecule has 1 fully saturated rings. The summed E-state index contributed by atoms with van der Waals surface area (Å²) in [5.41, 5.74) is 0.0368. The van der Waals surface area contributed by atoms with Crippen LogP contribution in [0.25, 0.3) is 0 Å². The van der Waals surface area contributed by atoms with E-state index in [2.05, 4.69) is 10.6 Å². The van der Waals surface area contributed by atoms with Crippen LogP contribution in [0.5, 0.6) is 0 Å². The van der Waals surface area contributed by atoms with Gasteiger partial charge in [0.1, 0.15) is 17.1 Å². The molecule has 1 amide bonds. The van der Waals surface area contributed by atoms with E-state index in [0.717, 1.165) is 18.4 Å². The molecule has 2 N–H and O–H groups in total. The number of ketones is 1. The lowest BCUT2D eigenvalue weighted by Gasteiger charge is -2.31. The lowest BCUT2D eigenvalue weighted by atomic mass is 9.79. The molecule has 4 nitrogen and oxygen atoms in total. The number of allylic oxidation sites excluding steroid dienone is 1. The topological polar surface area (TPSA) is 58.2 Å². The van der Waals surface area contributed by atoms with Crippen molar-refractivity contribution in [1.29, 1.82) is 0 Å². The van der Waals surface area contributed by atoms with Crippen molar-refractivity contribution in [2.75, 3.05) is 0 Å². The fourth-order valence-corrected chi connectivity index (χ4v) is 3.26. The number of nitrogens with one attached hydrogen (secondary N) is 2. The molecule has 2 aliphatic rings. The lowest BCUT2D eigenvalue weighted by Crippen LogP contribution is -2.50. The summed E-state index contributed by atoms with van der Waals surface area (Å²) >= 11 is 0. The van der Waals surface area contributed by atoms with Gasteiger partial charge in [0.2, 0.25) is 5.91 Å². The molecule has 5 heteroatoms. The summed E-state index contributed by atoms with van der Waals surface area (Å²) < 4.78 is 12.9. The van der Waals surface area contributed by atoms with Crippen LogP contribution in [0.1, 0.15) is 44.2 Å². The zero-order valence-electron chi connectivity index (χ0n) is 12.5. The first kappa shape index (κ1) is 14.8. The fraction of sp³-hybridized carbons (Fsp3) is 0.412. The number of benzene rings is 1. The van der Waals surface area contributed by atoms with E-state index in [1.807, 2.05) is 6.92 Å². The zero-order chi connectivity index (χ0) is 15.7. The van der Waals surface area contributed by atoms with Gasteiger partial charge in [-0.05, 0) is 37.5 Å². The van der Waals surface area contributed by atoms with Crippen LogP contribution in [0, 0.1) is 11.2 Å². The third kappa shape index (κ3) is 2.51. The Kier molecular flexibility index (Phi) is 3.72. The van der Waals surface area contributed by atoms with Crippen LogP contribution in [0.4, 0.5) is 4.39 Å². The molecule has 1 saturated carbocycles. The molecule has 1 aliphatic carbocycles. The van der Waals surface area contributed by atoms with E-state index in [-0.39, 0.29) is 23.5 Å². The lowest BCUT2D eigenvalue weighted by molar-refractivity contribution is -0.140. The molecule has 0 bridgehead atoms. The number of hydrogen-bond acceptors (Lipinski definition) is 3. The quantitative estimate of drug-likeness (QED) is 0.844. The van der Waals surface area contributed by atoms with Gasteiger partial charge in [-0.15, -0.1) is 0 Å². The van der Waals surface area contributed by atoms with Gasteiger partial charge in [0, 0.05) is 12.1 Å². The third-order valence-electron chi connectivity index (χ3n) is 4.63. The van der Waals surface area contributed by atoms with Crippen molar-refractivity contribution in [2.24, 2.45) is 5.41 Å². The van der Waals surface area contributed by atoms with Gasteiger partial charge >= 0.3 is 0 Å². The zero-order valence-corrected chi connectivity index (χ0v) is 12.5. The number of hydrogen-bond donors (Lipinski definition) is 2. The molecule has 22 heavy (non-hydrogen) atoms. The highest BCUT2D eigenvalue weighted by atomic mass is 19.1. The molecule has 1 atom stereocenters. The molecule has 1 aliphatic heterocycles. The average Bonchev–Trinajstić information content (AvgIpc) is 2.97. The Bertz CT molecular complexity index is 631. The van der Waals surface area contributed by atoms with Gasteiger partial charge in [-0.25, -0.2) is 4.39 Å². The largest absolute Gasteiger partial charge is 0.365 e. The summed E-state index contributed by atoms with van der Waals surface area (Å²) in [6.07, 6.45) is 4.60. The summed E-state index contributed by atoms with van der Waals surface area (Å²) in [4.78, 5) is 24.7. The molecule has 116 valence electrons. The Morgan fingerprint density at radius 3 is 2.41 bits per heavy atom. The maximum Gasteiger partial charge on any atom is 0.239 e. The number of rotatable bonds is 3. The summed E-state index contributed by atoms with van der Waals surface area (Å²) in [6.45, 7) is 1.89. The Balaban J connectivity index is 1.75. The van der Waals surface area contributed by atoms with E-state index in [1.165, 1.54) is 18.2 Å². The Morgan fingerprint density at radius 2 is 1.82 bits per heavy atom. The van der Waals surface area contributed by atoms with Gasteiger partial charge in [-0.1, -0.05) is 25.0 Å². The van der Waals surface area contributed by atoms with Crippen molar-refractivity contribution in [3.8, 4) is 0 Å². The highest BCUT2D eigenvalue weighted by molar-refractivity contribution is 6.14. The molecule has 1 aromatic carbocycles. The second-order valence-electron chi connectivity index (χ2n) is 6.08. The molecule has 1 heterocycles. The molecule has 0 aromatic heterocycles. The van der Waals surface area contributed by atoms with Crippen LogP contribution in [0.3, 0.4) is 0 Å². The summed E-state index contributed by atoms with van der Waals surface area (Å²) in [5, 5.41) is 5.92. The van der Waals surface area contributed by atoms with Gasteiger partial charge in [-0.3, -0.25) is 9.59 Å². The molecule has 0 saturated heterocycles. The maximum absolute atomic E-state index is 12.9. The summed E-state index contributed by atoms with van der Waals surface area (Å²) in [6, 6.07) is 5.99. The highest BCUT2D eigenvalue weighted by Gasteiger charge is 2.49. The van der Waals surface area contributed by atoms with Crippen molar-refractivity contribution in [2.45, 2.75) is 38.6 Å². The van der Waals surface area contributed by atoms with Gasteiger partial charge in [0.05, 0.1) is 0 Å². The van der Waals surface area contributed by atoms with Crippen LogP contribution in [0.15, 0.2) is 36.2 Å². The van der Waals surface area contributed by atoms with E-state index < -0.39 is 5.41 Å². The minimum absolute atomic E-state index is 0.109. The highest BCUT2D eigenvalue weighted by Crippen LogP contribution is 2.41. The normalized spacial score (nSPS) is 21.5. The molecule has 3 rings (SSSR count). The van der Waals surface area contributed by atoms with E-state index in [0.29, 0.717) is 18.7 Å². The number of carbonyl (C=O) groups is 2. The van der Waals surface area contributed by atoms with E-state index in [4.69, 9.17) is 0 Å². The van der Waals surface area contributed by atoms with Crippen LogP contribution in [0.2, 0.25) is 0 Å². The smallest absolute Gasteiger partial charge is 0.239 e. The number of halogens is 1. The van der Waals surface area contributed by atoms with Crippen LogP contribution >= 0.6 is 0 Å². The van der Waals surface area contributed by atoms with E-state index in [1.54, 1.807) is 12.1 Å². The van der Waals surface area contributed by atoms with Crippen molar-refractivity contribution >= 4 is 11.7 Å². The fourth-order valence-electron chi connectivity index (χ4n) is 3.26. The minimum atomic E-state index is -0.843. The minimum Gasteiger partial charge on any atom is -0.365 e. The Labute approximate surface area is 128 Å². The average molecular weight is 302 g/mol. The predicted octanol–water partition coefficient (Wildman–Crippen LogP) is 2.58. The summed E-state index contributed by atoms with van der Waals surface area (Å²) in [7, 11) is 0.